The number of nitrogens with zero attached hydrogens (tertiary/aromatic N) is 1. The summed E-state index contributed by atoms with van der Waals surface area (Å²) in [5.74, 6) is -0.363. The van der Waals surface area contributed by atoms with Crippen molar-refractivity contribution < 1.29 is 4.79 Å². The highest BCUT2D eigenvalue weighted by molar-refractivity contribution is 6.04. The predicted molar refractivity (Wildman–Crippen MR) is 122 cm³/mol. The lowest BCUT2D eigenvalue weighted by molar-refractivity contribution is 0.102. The van der Waals surface area contributed by atoms with Gasteiger partial charge in [0.2, 0.25) is 0 Å². The Hall–Kier alpha value is -3.73. The Morgan fingerprint density at radius 2 is 1.73 bits per heavy atom. The van der Waals surface area contributed by atoms with Crippen LogP contribution in [-0.2, 0) is 13.0 Å². The largest absolute Gasteiger partial charge is 0.367 e. The fraction of sp³-hybridized carbons (Fsp3) is 0.160. The lowest BCUT2D eigenvalue weighted by atomic mass is 9.98. The van der Waals surface area contributed by atoms with Crippen LogP contribution in [0.1, 0.15) is 33.0 Å². The molecular formula is C25H24N4O. The quantitative estimate of drug-likeness (QED) is 0.497. The van der Waals surface area contributed by atoms with Crippen molar-refractivity contribution in [1.29, 1.82) is 10.8 Å². The highest BCUT2D eigenvalue weighted by Gasteiger charge is 2.20. The van der Waals surface area contributed by atoms with Crippen molar-refractivity contribution in [2.45, 2.75) is 18.9 Å². The first-order valence-corrected chi connectivity index (χ1v) is 10.0. The van der Waals surface area contributed by atoms with Crippen LogP contribution in [0.3, 0.4) is 0 Å². The number of hydrogen-bond acceptors (Lipinski definition) is 4. The molecule has 0 aromatic heterocycles. The number of anilines is 2. The van der Waals surface area contributed by atoms with Gasteiger partial charge in [-0.2, -0.15) is 0 Å². The molecule has 0 unspecified atom stereocenters. The summed E-state index contributed by atoms with van der Waals surface area (Å²) in [6, 6.07) is 23.4. The van der Waals surface area contributed by atoms with Gasteiger partial charge < -0.3 is 21.0 Å². The van der Waals surface area contributed by atoms with E-state index in [2.05, 4.69) is 22.3 Å². The Kier molecular flexibility index (Phi) is 5.70. The van der Waals surface area contributed by atoms with Gasteiger partial charge in [0.1, 0.15) is 0 Å². The molecule has 3 N–H and O–H groups in total. The van der Waals surface area contributed by atoms with Gasteiger partial charge in [-0.3, -0.25) is 4.79 Å². The third-order valence-corrected chi connectivity index (χ3v) is 5.46. The number of amides is 1. The van der Waals surface area contributed by atoms with Crippen LogP contribution in [0.5, 0.6) is 0 Å². The number of fused-ring (bicyclic) bond motifs is 1. The summed E-state index contributed by atoms with van der Waals surface area (Å²) in [6.45, 7) is 1.72. The van der Waals surface area contributed by atoms with Crippen molar-refractivity contribution in [3.05, 3.63) is 95.1 Å². The molecule has 0 atom stereocenters. The van der Waals surface area contributed by atoms with Crippen molar-refractivity contribution in [2.24, 2.45) is 0 Å². The minimum absolute atomic E-state index is 0.112. The van der Waals surface area contributed by atoms with Crippen LogP contribution in [0.4, 0.5) is 11.4 Å². The van der Waals surface area contributed by atoms with E-state index >= 15 is 0 Å². The molecule has 0 bridgehead atoms. The summed E-state index contributed by atoms with van der Waals surface area (Å²) < 4.78 is 0. The molecule has 1 aliphatic rings. The maximum absolute atomic E-state index is 12.4. The number of carbonyl (C=O) groups excluding carboxylic acids is 1. The summed E-state index contributed by atoms with van der Waals surface area (Å²) >= 11 is 0. The van der Waals surface area contributed by atoms with Gasteiger partial charge in [0.05, 0.1) is 5.92 Å². The van der Waals surface area contributed by atoms with Gasteiger partial charge in [-0.05, 0) is 53.4 Å². The zero-order valence-electron chi connectivity index (χ0n) is 16.6. The molecule has 1 heterocycles. The molecule has 0 spiro atoms. The van der Waals surface area contributed by atoms with Gasteiger partial charge >= 0.3 is 0 Å². The molecule has 0 aliphatic carbocycles. The summed E-state index contributed by atoms with van der Waals surface area (Å²) in [5.41, 5.74) is 6.04. The van der Waals surface area contributed by atoms with E-state index in [0.717, 1.165) is 36.3 Å². The van der Waals surface area contributed by atoms with Gasteiger partial charge in [-0.25, -0.2) is 0 Å². The van der Waals surface area contributed by atoms with Gasteiger partial charge in [0, 0.05) is 42.5 Å². The lowest BCUT2D eigenvalue weighted by Gasteiger charge is -2.20. The van der Waals surface area contributed by atoms with E-state index in [4.69, 9.17) is 10.8 Å². The molecule has 1 aliphatic heterocycles. The minimum atomic E-state index is -0.251. The molecule has 4 rings (SSSR count). The van der Waals surface area contributed by atoms with E-state index < -0.39 is 0 Å². The normalized spacial score (nSPS) is 13.4. The second kappa shape index (κ2) is 8.74. The minimum Gasteiger partial charge on any atom is -0.367 e. The molecule has 0 saturated carbocycles. The van der Waals surface area contributed by atoms with Crippen molar-refractivity contribution in [3.63, 3.8) is 0 Å². The Bertz CT molecular complexity index is 1050. The SMILES string of the molecule is N=CC(C=N)c1ccc2c(c1)CCN2Cc1ccc(C(=O)Nc2ccccc2)cc1. The average molecular weight is 396 g/mol. The molecule has 0 saturated heterocycles. The second-order valence-electron chi connectivity index (χ2n) is 7.44. The zero-order chi connectivity index (χ0) is 20.9. The van der Waals surface area contributed by atoms with E-state index in [0.29, 0.717) is 5.56 Å². The molecule has 3 aromatic rings. The zero-order valence-corrected chi connectivity index (χ0v) is 16.6. The fourth-order valence-electron chi connectivity index (χ4n) is 3.81. The van der Waals surface area contributed by atoms with Gasteiger partial charge in [0.25, 0.3) is 5.91 Å². The number of benzene rings is 3. The number of rotatable bonds is 7. The second-order valence-corrected chi connectivity index (χ2v) is 7.44. The first-order chi connectivity index (χ1) is 14.7. The van der Waals surface area contributed by atoms with E-state index in [1.54, 1.807) is 0 Å². The summed E-state index contributed by atoms with van der Waals surface area (Å²) in [4.78, 5) is 14.8. The average Bonchev–Trinajstić information content (AvgIpc) is 3.18. The third kappa shape index (κ3) is 4.15. The van der Waals surface area contributed by atoms with Gasteiger partial charge in [-0.1, -0.05) is 42.5 Å². The molecule has 0 radical (unpaired) electrons. The summed E-state index contributed by atoms with van der Waals surface area (Å²) in [6.07, 6.45) is 3.57. The van der Waals surface area contributed by atoms with E-state index in [9.17, 15) is 4.79 Å². The first-order valence-electron chi connectivity index (χ1n) is 10.0. The smallest absolute Gasteiger partial charge is 0.255 e. The standard InChI is InChI=1S/C25H24N4O/c26-15-22(16-27)20-10-11-24-21(14-20)12-13-29(24)17-18-6-8-19(9-7-18)25(30)28-23-4-2-1-3-5-23/h1-11,14-16,22,26-27H,12-13,17H2,(H,28,30). The van der Waals surface area contributed by atoms with Crippen LogP contribution < -0.4 is 10.2 Å². The molecule has 5 nitrogen and oxygen atoms in total. The van der Waals surface area contributed by atoms with Crippen molar-refractivity contribution in [2.75, 3.05) is 16.8 Å². The van der Waals surface area contributed by atoms with Crippen LogP contribution in [0.25, 0.3) is 0 Å². The number of carbonyl (C=O) groups is 1. The molecule has 0 fully saturated rings. The highest BCUT2D eigenvalue weighted by Crippen LogP contribution is 2.31. The number of hydrogen-bond donors (Lipinski definition) is 3. The van der Waals surface area contributed by atoms with Gasteiger partial charge in [-0.15, -0.1) is 0 Å². The van der Waals surface area contributed by atoms with Crippen LogP contribution >= 0.6 is 0 Å². The first kappa shape index (κ1) is 19.6. The number of para-hydroxylation sites is 1. The monoisotopic (exact) mass is 396 g/mol. The molecule has 150 valence electrons. The fourth-order valence-corrected chi connectivity index (χ4v) is 3.81. The van der Waals surface area contributed by atoms with Gasteiger partial charge in [0.15, 0.2) is 0 Å². The van der Waals surface area contributed by atoms with E-state index in [1.807, 2.05) is 60.7 Å². The molecule has 30 heavy (non-hydrogen) atoms. The predicted octanol–water partition coefficient (Wildman–Crippen LogP) is 4.88. The summed E-state index contributed by atoms with van der Waals surface area (Å²) in [7, 11) is 0. The van der Waals surface area contributed by atoms with Crippen molar-refractivity contribution in [1.82, 2.24) is 0 Å². The molecule has 5 heteroatoms. The molecular weight excluding hydrogens is 372 g/mol. The van der Waals surface area contributed by atoms with Crippen LogP contribution in [0.2, 0.25) is 0 Å². The van der Waals surface area contributed by atoms with Crippen LogP contribution in [0, 0.1) is 10.8 Å². The van der Waals surface area contributed by atoms with Crippen molar-refractivity contribution in [3.8, 4) is 0 Å². The Labute approximate surface area is 176 Å². The summed E-state index contributed by atoms with van der Waals surface area (Å²) in [5, 5.41) is 17.9. The van der Waals surface area contributed by atoms with E-state index in [1.165, 1.54) is 23.7 Å². The van der Waals surface area contributed by atoms with Crippen molar-refractivity contribution >= 4 is 29.7 Å². The third-order valence-electron chi connectivity index (χ3n) is 5.46. The highest BCUT2D eigenvalue weighted by atomic mass is 16.1. The maximum Gasteiger partial charge on any atom is 0.255 e. The molecule has 1 amide bonds. The Morgan fingerprint density at radius 3 is 2.43 bits per heavy atom. The Balaban J connectivity index is 1.43. The van der Waals surface area contributed by atoms with Crippen LogP contribution in [-0.4, -0.2) is 24.9 Å². The number of nitrogens with one attached hydrogen (secondary N) is 3. The topological polar surface area (TPSA) is 80.0 Å². The lowest BCUT2D eigenvalue weighted by Crippen LogP contribution is -2.19. The Morgan fingerprint density at radius 1 is 1.00 bits per heavy atom. The van der Waals surface area contributed by atoms with Crippen LogP contribution in [0.15, 0.2) is 72.8 Å². The maximum atomic E-state index is 12.4. The molecule has 3 aromatic carbocycles. The van der Waals surface area contributed by atoms with E-state index in [-0.39, 0.29) is 11.8 Å².